The van der Waals surface area contributed by atoms with Gasteiger partial charge in [0.1, 0.15) is 5.58 Å². The van der Waals surface area contributed by atoms with E-state index in [0.29, 0.717) is 17.2 Å². The van der Waals surface area contributed by atoms with E-state index in [4.69, 9.17) is 26.1 Å². The van der Waals surface area contributed by atoms with Gasteiger partial charge in [-0.2, -0.15) is 0 Å². The molecule has 6 nitrogen and oxygen atoms in total. The molecule has 3 aromatic rings. The molecule has 7 heteroatoms. The van der Waals surface area contributed by atoms with Crippen molar-refractivity contribution in [3.05, 3.63) is 64.0 Å². The van der Waals surface area contributed by atoms with Crippen LogP contribution in [0.25, 0.3) is 11.0 Å². The van der Waals surface area contributed by atoms with Gasteiger partial charge < -0.3 is 24.5 Å². The van der Waals surface area contributed by atoms with E-state index in [2.05, 4.69) is 10.6 Å². The Kier molecular flexibility index (Phi) is 4.22. The number of fused-ring (bicyclic) bond motifs is 2. The van der Waals surface area contributed by atoms with Gasteiger partial charge in [-0.1, -0.05) is 6.07 Å². The fourth-order valence-corrected chi connectivity index (χ4v) is 3.00. The van der Waals surface area contributed by atoms with Crippen molar-refractivity contribution < 1.29 is 13.9 Å². The monoisotopic (exact) mass is 368 g/mol. The third-order valence-electron chi connectivity index (χ3n) is 4.10. The first kappa shape index (κ1) is 16.4. The number of nitrogens with one attached hydrogen (secondary N) is 2. The molecule has 0 amide bonds. The van der Waals surface area contributed by atoms with Crippen LogP contribution < -0.4 is 25.7 Å². The Bertz CT molecular complexity index is 1060. The average Bonchev–Trinajstić information content (AvgIpc) is 3.07. The first-order chi connectivity index (χ1) is 12.6. The van der Waals surface area contributed by atoms with Crippen LogP contribution >= 0.6 is 12.2 Å². The molecule has 132 valence electrons. The molecule has 1 aliphatic heterocycles. The molecular formula is C19H16N2O4S. The smallest absolute Gasteiger partial charge is 0.336 e. The predicted octanol–water partition coefficient (Wildman–Crippen LogP) is 3.32. The van der Waals surface area contributed by atoms with Gasteiger partial charge in [0.15, 0.2) is 16.6 Å². The number of aryl methyl sites for hydroxylation is 1. The van der Waals surface area contributed by atoms with E-state index >= 15 is 0 Å². The van der Waals surface area contributed by atoms with Crippen LogP contribution in [-0.4, -0.2) is 11.9 Å². The highest BCUT2D eigenvalue weighted by Gasteiger charge is 2.13. The third-order valence-corrected chi connectivity index (χ3v) is 4.35. The van der Waals surface area contributed by atoms with Crippen LogP contribution in [0.15, 0.2) is 51.7 Å². The molecule has 0 spiro atoms. The number of hydrogen-bond acceptors (Lipinski definition) is 5. The minimum Gasteiger partial charge on any atom is -0.454 e. The van der Waals surface area contributed by atoms with Gasteiger partial charge in [-0.15, -0.1) is 0 Å². The topological polar surface area (TPSA) is 72.7 Å². The summed E-state index contributed by atoms with van der Waals surface area (Å²) in [4.78, 5) is 11.5. The molecule has 2 aromatic carbocycles. The van der Waals surface area contributed by atoms with Crippen molar-refractivity contribution in [1.82, 2.24) is 5.32 Å². The van der Waals surface area contributed by atoms with Crippen LogP contribution in [0.1, 0.15) is 11.1 Å². The molecule has 0 bridgehead atoms. The lowest BCUT2D eigenvalue weighted by molar-refractivity contribution is 0.174. The van der Waals surface area contributed by atoms with Crippen molar-refractivity contribution in [3.63, 3.8) is 0 Å². The number of benzene rings is 2. The van der Waals surface area contributed by atoms with Gasteiger partial charge in [-0.3, -0.25) is 0 Å². The lowest BCUT2D eigenvalue weighted by Gasteiger charge is -2.11. The van der Waals surface area contributed by atoms with E-state index in [1.54, 1.807) is 6.07 Å². The van der Waals surface area contributed by atoms with Crippen LogP contribution in [0.5, 0.6) is 11.5 Å². The first-order valence-electron chi connectivity index (χ1n) is 8.06. The molecular weight excluding hydrogens is 352 g/mol. The van der Waals surface area contributed by atoms with Crippen molar-refractivity contribution in [2.24, 2.45) is 0 Å². The summed E-state index contributed by atoms with van der Waals surface area (Å²) < 4.78 is 15.9. The fraction of sp³-hybridized carbons (Fsp3) is 0.158. The molecule has 0 atom stereocenters. The molecule has 0 saturated carbocycles. The maximum atomic E-state index is 11.5. The highest BCUT2D eigenvalue weighted by atomic mass is 32.1. The van der Waals surface area contributed by atoms with Gasteiger partial charge in [0.25, 0.3) is 0 Å². The normalized spacial score (nSPS) is 12.2. The highest BCUT2D eigenvalue weighted by molar-refractivity contribution is 7.80. The van der Waals surface area contributed by atoms with Gasteiger partial charge >= 0.3 is 5.63 Å². The number of thiocarbonyl (C=S) groups is 1. The molecule has 1 aromatic heterocycles. The highest BCUT2D eigenvalue weighted by Crippen LogP contribution is 2.32. The Morgan fingerprint density at radius 2 is 1.96 bits per heavy atom. The standard InChI is InChI=1S/C19H16N2O4S/c1-11-6-18(22)25-16-8-13(3-4-14(11)16)21-19(26)20-9-12-2-5-15-17(7-12)24-10-23-15/h2-8H,9-10H2,1H3,(H2,20,21,26). The summed E-state index contributed by atoms with van der Waals surface area (Å²) in [6.45, 7) is 2.68. The molecule has 2 heterocycles. The molecule has 0 aliphatic carbocycles. The van der Waals surface area contributed by atoms with Gasteiger partial charge in [0, 0.05) is 29.8 Å². The van der Waals surface area contributed by atoms with E-state index in [1.807, 2.05) is 37.3 Å². The first-order valence-corrected chi connectivity index (χ1v) is 8.47. The zero-order valence-electron chi connectivity index (χ0n) is 14.0. The minimum absolute atomic E-state index is 0.254. The van der Waals surface area contributed by atoms with Crippen molar-refractivity contribution in [2.45, 2.75) is 13.5 Å². The van der Waals surface area contributed by atoms with Gasteiger partial charge in [-0.05, 0) is 54.5 Å². The minimum atomic E-state index is -0.365. The quantitative estimate of drug-likeness (QED) is 0.543. The molecule has 1 aliphatic rings. The van der Waals surface area contributed by atoms with Crippen molar-refractivity contribution in [2.75, 3.05) is 12.1 Å². The summed E-state index contributed by atoms with van der Waals surface area (Å²) in [5, 5.41) is 7.61. The van der Waals surface area contributed by atoms with Crippen molar-refractivity contribution in [1.29, 1.82) is 0 Å². The van der Waals surface area contributed by atoms with Crippen molar-refractivity contribution >= 4 is 34.0 Å². The number of ether oxygens (including phenoxy) is 2. The van der Waals surface area contributed by atoms with Gasteiger partial charge in [0.05, 0.1) is 0 Å². The Hall–Kier alpha value is -3.06. The molecule has 26 heavy (non-hydrogen) atoms. The number of anilines is 1. The zero-order valence-corrected chi connectivity index (χ0v) is 14.8. The second-order valence-electron chi connectivity index (χ2n) is 5.95. The Balaban J connectivity index is 1.43. The van der Waals surface area contributed by atoms with E-state index in [9.17, 15) is 4.79 Å². The van der Waals surface area contributed by atoms with Crippen LogP contribution in [0.4, 0.5) is 5.69 Å². The lowest BCUT2D eigenvalue weighted by Crippen LogP contribution is -2.27. The van der Waals surface area contributed by atoms with Gasteiger partial charge in [-0.25, -0.2) is 4.79 Å². The predicted molar refractivity (Wildman–Crippen MR) is 103 cm³/mol. The lowest BCUT2D eigenvalue weighted by atomic mass is 10.1. The average molecular weight is 368 g/mol. The molecule has 4 rings (SSSR count). The SMILES string of the molecule is Cc1cc(=O)oc2cc(NC(=S)NCc3ccc4c(c3)OCO4)ccc12. The molecule has 0 fully saturated rings. The summed E-state index contributed by atoms with van der Waals surface area (Å²) in [7, 11) is 0. The van der Waals surface area contributed by atoms with E-state index in [1.165, 1.54) is 6.07 Å². The maximum absolute atomic E-state index is 11.5. The largest absolute Gasteiger partial charge is 0.454 e. The van der Waals surface area contributed by atoms with Crippen LogP contribution in [0.2, 0.25) is 0 Å². The molecule has 2 N–H and O–H groups in total. The summed E-state index contributed by atoms with van der Waals surface area (Å²) >= 11 is 5.34. The molecule has 0 radical (unpaired) electrons. The number of hydrogen-bond donors (Lipinski definition) is 2. The van der Waals surface area contributed by atoms with Gasteiger partial charge in [0.2, 0.25) is 6.79 Å². The summed E-state index contributed by atoms with van der Waals surface area (Å²) in [6.07, 6.45) is 0. The Morgan fingerprint density at radius 1 is 1.12 bits per heavy atom. The Morgan fingerprint density at radius 3 is 2.85 bits per heavy atom. The van der Waals surface area contributed by atoms with Crippen LogP contribution in [0.3, 0.4) is 0 Å². The second kappa shape index (κ2) is 6.68. The molecule has 0 unspecified atom stereocenters. The van der Waals surface area contributed by atoms with E-state index < -0.39 is 0 Å². The molecule has 0 saturated heterocycles. The van der Waals surface area contributed by atoms with E-state index in [0.717, 1.165) is 33.7 Å². The second-order valence-corrected chi connectivity index (χ2v) is 6.36. The van der Waals surface area contributed by atoms with Crippen LogP contribution in [-0.2, 0) is 6.54 Å². The Labute approximate surface area is 154 Å². The summed E-state index contributed by atoms with van der Waals surface area (Å²) in [5.74, 6) is 1.49. The third kappa shape index (κ3) is 3.34. The maximum Gasteiger partial charge on any atom is 0.336 e. The van der Waals surface area contributed by atoms with Crippen LogP contribution in [0, 0.1) is 6.92 Å². The van der Waals surface area contributed by atoms with E-state index in [-0.39, 0.29) is 12.4 Å². The summed E-state index contributed by atoms with van der Waals surface area (Å²) in [5.41, 5.74) is 2.81. The number of rotatable bonds is 3. The zero-order chi connectivity index (χ0) is 18.1. The summed E-state index contributed by atoms with van der Waals surface area (Å²) in [6, 6.07) is 12.8. The fourth-order valence-electron chi connectivity index (χ4n) is 2.81. The van der Waals surface area contributed by atoms with Crippen molar-refractivity contribution in [3.8, 4) is 11.5 Å².